The van der Waals surface area contributed by atoms with Crippen LogP contribution in [0.4, 0.5) is 0 Å². The molecule has 6 nitrogen and oxygen atoms in total. The van der Waals surface area contributed by atoms with E-state index in [9.17, 15) is 9.59 Å². The molecule has 2 aromatic rings. The van der Waals surface area contributed by atoms with Crippen LogP contribution in [-0.4, -0.2) is 53.8 Å². The summed E-state index contributed by atoms with van der Waals surface area (Å²) in [6, 6.07) is 17.2. The Morgan fingerprint density at radius 3 is 2.21 bits per heavy atom. The van der Waals surface area contributed by atoms with Gasteiger partial charge >= 0.3 is 0 Å². The second-order valence-corrected chi connectivity index (χ2v) is 7.49. The van der Waals surface area contributed by atoms with Gasteiger partial charge in [0.05, 0.1) is 0 Å². The first-order valence-electron chi connectivity index (χ1n) is 10.1. The van der Waals surface area contributed by atoms with Gasteiger partial charge in [0, 0.05) is 44.2 Å². The Kier molecular flexibility index (Phi) is 7.25. The fourth-order valence-electron chi connectivity index (χ4n) is 3.29. The number of nitrogens with two attached hydrogens (primary N) is 1. The lowest BCUT2D eigenvalue weighted by Gasteiger charge is -2.35. The summed E-state index contributed by atoms with van der Waals surface area (Å²) in [5.74, 6) is 0.839. The average molecular weight is 396 g/mol. The molecule has 1 saturated heterocycles. The fourth-order valence-corrected chi connectivity index (χ4v) is 3.29. The molecule has 2 aromatic carbocycles. The molecule has 29 heavy (non-hydrogen) atoms. The SMILES string of the molecule is CC(N)CCC(=O)N1CCN(C(=O)c2ccc(OCc3ccccc3)cc2)CC1. The van der Waals surface area contributed by atoms with E-state index in [0.29, 0.717) is 51.2 Å². The standard InChI is InChI=1S/C23H29N3O3/c1-18(24)7-12-22(27)25-13-15-26(16-14-25)23(28)20-8-10-21(11-9-20)29-17-19-5-3-2-4-6-19/h2-6,8-11,18H,7,12-17,24H2,1H3. The number of hydrogen-bond donors (Lipinski definition) is 1. The Hall–Kier alpha value is -2.86. The maximum Gasteiger partial charge on any atom is 0.253 e. The first-order valence-corrected chi connectivity index (χ1v) is 10.1. The summed E-state index contributed by atoms with van der Waals surface area (Å²) in [6.45, 7) is 4.64. The molecule has 1 atom stereocenters. The minimum Gasteiger partial charge on any atom is -0.489 e. The maximum atomic E-state index is 12.7. The van der Waals surface area contributed by atoms with Crippen molar-refractivity contribution in [2.45, 2.75) is 32.4 Å². The Morgan fingerprint density at radius 2 is 1.59 bits per heavy atom. The van der Waals surface area contributed by atoms with Gasteiger partial charge in [0.2, 0.25) is 5.91 Å². The van der Waals surface area contributed by atoms with E-state index >= 15 is 0 Å². The molecule has 0 bridgehead atoms. The van der Waals surface area contributed by atoms with E-state index in [1.54, 1.807) is 17.0 Å². The van der Waals surface area contributed by atoms with E-state index in [0.717, 1.165) is 11.3 Å². The number of hydrogen-bond acceptors (Lipinski definition) is 4. The third-order valence-corrected chi connectivity index (χ3v) is 5.08. The number of amides is 2. The van der Waals surface area contributed by atoms with Gasteiger partial charge in [-0.25, -0.2) is 0 Å². The van der Waals surface area contributed by atoms with E-state index in [4.69, 9.17) is 10.5 Å². The zero-order valence-electron chi connectivity index (χ0n) is 16.9. The van der Waals surface area contributed by atoms with Crippen molar-refractivity contribution in [2.24, 2.45) is 5.73 Å². The lowest BCUT2D eigenvalue weighted by molar-refractivity contribution is -0.132. The molecule has 2 amide bonds. The van der Waals surface area contributed by atoms with Gasteiger partial charge in [-0.3, -0.25) is 9.59 Å². The van der Waals surface area contributed by atoms with Crippen LogP contribution in [0.2, 0.25) is 0 Å². The van der Waals surface area contributed by atoms with Crippen LogP contribution in [-0.2, 0) is 11.4 Å². The molecule has 0 saturated carbocycles. The summed E-state index contributed by atoms with van der Waals surface area (Å²) in [7, 11) is 0. The highest BCUT2D eigenvalue weighted by molar-refractivity contribution is 5.94. The lowest BCUT2D eigenvalue weighted by atomic mass is 10.1. The van der Waals surface area contributed by atoms with Crippen LogP contribution >= 0.6 is 0 Å². The van der Waals surface area contributed by atoms with E-state index in [1.165, 1.54) is 0 Å². The van der Waals surface area contributed by atoms with Crippen LogP contribution in [0.15, 0.2) is 54.6 Å². The van der Waals surface area contributed by atoms with Crippen molar-refractivity contribution >= 4 is 11.8 Å². The summed E-state index contributed by atoms with van der Waals surface area (Å²) in [5.41, 5.74) is 7.45. The minimum absolute atomic E-state index is 0.0118. The molecule has 1 unspecified atom stereocenters. The molecule has 2 N–H and O–H groups in total. The van der Waals surface area contributed by atoms with Crippen molar-refractivity contribution in [1.29, 1.82) is 0 Å². The minimum atomic E-state index is -0.0118. The smallest absolute Gasteiger partial charge is 0.253 e. The molecule has 1 aliphatic heterocycles. The zero-order valence-corrected chi connectivity index (χ0v) is 16.9. The highest BCUT2D eigenvalue weighted by atomic mass is 16.5. The summed E-state index contributed by atoms with van der Waals surface area (Å²) in [6.07, 6.45) is 1.16. The Bertz CT molecular complexity index is 798. The predicted octanol–water partition coefficient (Wildman–Crippen LogP) is 2.68. The van der Waals surface area contributed by atoms with Crippen LogP contribution < -0.4 is 10.5 Å². The number of benzene rings is 2. The van der Waals surface area contributed by atoms with Crippen molar-refractivity contribution in [3.63, 3.8) is 0 Å². The summed E-state index contributed by atoms with van der Waals surface area (Å²) in [4.78, 5) is 28.6. The Morgan fingerprint density at radius 1 is 0.966 bits per heavy atom. The van der Waals surface area contributed by atoms with Crippen LogP contribution in [0.1, 0.15) is 35.7 Å². The molecular weight excluding hydrogens is 366 g/mol. The topological polar surface area (TPSA) is 75.9 Å². The van der Waals surface area contributed by atoms with E-state index in [-0.39, 0.29) is 17.9 Å². The molecule has 0 aromatic heterocycles. The van der Waals surface area contributed by atoms with Crippen LogP contribution in [0.3, 0.4) is 0 Å². The van der Waals surface area contributed by atoms with Crippen LogP contribution in [0.5, 0.6) is 5.75 Å². The molecule has 1 fully saturated rings. The normalized spacial score (nSPS) is 15.1. The molecule has 0 radical (unpaired) electrons. The molecule has 3 rings (SSSR count). The molecule has 1 heterocycles. The Balaban J connectivity index is 1.47. The summed E-state index contributed by atoms with van der Waals surface area (Å²) < 4.78 is 5.77. The third-order valence-electron chi connectivity index (χ3n) is 5.08. The van der Waals surface area contributed by atoms with Gasteiger partial charge < -0.3 is 20.3 Å². The molecular formula is C23H29N3O3. The quantitative estimate of drug-likeness (QED) is 0.782. The number of carbonyl (C=O) groups excluding carboxylic acids is 2. The van der Waals surface area contributed by atoms with Crippen molar-refractivity contribution < 1.29 is 14.3 Å². The second kappa shape index (κ2) is 10.1. The average Bonchev–Trinajstić information content (AvgIpc) is 2.76. The Labute approximate surface area is 172 Å². The number of nitrogens with zero attached hydrogens (tertiary/aromatic N) is 2. The van der Waals surface area contributed by atoms with Crippen molar-refractivity contribution in [3.8, 4) is 5.75 Å². The van der Waals surface area contributed by atoms with E-state index < -0.39 is 0 Å². The molecule has 0 aliphatic carbocycles. The van der Waals surface area contributed by atoms with E-state index in [1.807, 2.05) is 54.3 Å². The van der Waals surface area contributed by atoms with Gasteiger partial charge in [0.15, 0.2) is 0 Å². The summed E-state index contributed by atoms with van der Waals surface area (Å²) >= 11 is 0. The van der Waals surface area contributed by atoms with Crippen molar-refractivity contribution in [1.82, 2.24) is 9.80 Å². The van der Waals surface area contributed by atoms with Gasteiger partial charge in [0.25, 0.3) is 5.91 Å². The fraction of sp³-hybridized carbons (Fsp3) is 0.391. The number of ether oxygens (including phenoxy) is 1. The highest BCUT2D eigenvalue weighted by Crippen LogP contribution is 2.16. The first-order chi connectivity index (χ1) is 14.0. The van der Waals surface area contributed by atoms with Gasteiger partial charge in [-0.2, -0.15) is 0 Å². The number of piperazine rings is 1. The lowest BCUT2D eigenvalue weighted by Crippen LogP contribution is -2.50. The largest absolute Gasteiger partial charge is 0.489 e. The predicted molar refractivity (Wildman–Crippen MR) is 113 cm³/mol. The highest BCUT2D eigenvalue weighted by Gasteiger charge is 2.24. The number of rotatable bonds is 7. The zero-order chi connectivity index (χ0) is 20.6. The third kappa shape index (κ3) is 6.06. The monoisotopic (exact) mass is 395 g/mol. The van der Waals surface area contributed by atoms with Gasteiger partial charge in [-0.1, -0.05) is 30.3 Å². The van der Waals surface area contributed by atoms with Crippen LogP contribution in [0.25, 0.3) is 0 Å². The molecule has 1 aliphatic rings. The van der Waals surface area contributed by atoms with Crippen molar-refractivity contribution in [3.05, 3.63) is 65.7 Å². The van der Waals surface area contributed by atoms with Crippen LogP contribution in [0, 0.1) is 0 Å². The number of carbonyl (C=O) groups is 2. The van der Waals surface area contributed by atoms with Gasteiger partial charge in [-0.15, -0.1) is 0 Å². The first kappa shape index (κ1) is 20.9. The summed E-state index contributed by atoms with van der Waals surface area (Å²) in [5, 5.41) is 0. The maximum absolute atomic E-state index is 12.7. The molecule has 6 heteroatoms. The molecule has 154 valence electrons. The van der Waals surface area contributed by atoms with Crippen molar-refractivity contribution in [2.75, 3.05) is 26.2 Å². The van der Waals surface area contributed by atoms with Gasteiger partial charge in [0.1, 0.15) is 12.4 Å². The second-order valence-electron chi connectivity index (χ2n) is 7.49. The van der Waals surface area contributed by atoms with Gasteiger partial charge in [-0.05, 0) is 43.2 Å². The van der Waals surface area contributed by atoms with E-state index in [2.05, 4.69) is 0 Å². The molecule has 0 spiro atoms.